The highest BCUT2D eigenvalue weighted by atomic mass is 32.2. The quantitative estimate of drug-likeness (QED) is 0.0693. The van der Waals surface area contributed by atoms with Crippen LogP contribution >= 0.6 is 0 Å². The monoisotopic (exact) mass is 612 g/mol. The summed E-state index contributed by atoms with van der Waals surface area (Å²) in [5.74, 6) is -0.155. The van der Waals surface area contributed by atoms with Gasteiger partial charge in [0.15, 0.2) is 0 Å². The molecule has 1 aliphatic rings. The Hall–Kier alpha value is -2.91. The van der Waals surface area contributed by atoms with Crippen molar-refractivity contribution in [1.29, 1.82) is 0 Å². The van der Waals surface area contributed by atoms with Gasteiger partial charge in [-0.1, -0.05) is 115 Å². The van der Waals surface area contributed by atoms with Crippen LogP contribution in [0.3, 0.4) is 0 Å². The Kier molecular flexibility index (Phi) is 15.0. The third-order valence-electron chi connectivity index (χ3n) is 8.08. The number of hydrazone groups is 1. The molecule has 0 saturated carbocycles. The standard InChI is InChI=1S/C34H52N4O4S/c1-2-3-4-5-6-7-8-9-10-11-12-13-14-15-16-17-21-30-25-34(39)38(37-30)33-23-22-31(43(40,41)42)26-32(33)36-27-28-19-18-20-29(35)24-28/h18-20,22-24,26,36H,2-17,21,25,27,35H2,1H3,(H,40,41,42). The van der Waals surface area contributed by atoms with Crippen molar-refractivity contribution >= 4 is 38.8 Å². The number of unbranched alkanes of at least 4 members (excludes halogenated alkanes) is 15. The summed E-state index contributed by atoms with van der Waals surface area (Å²) in [6.45, 7) is 2.62. The van der Waals surface area contributed by atoms with Crippen LogP contribution in [0.2, 0.25) is 0 Å². The first-order valence-electron chi connectivity index (χ1n) is 16.4. The number of hydrogen-bond acceptors (Lipinski definition) is 6. The number of rotatable bonds is 22. The van der Waals surface area contributed by atoms with Crippen LogP contribution < -0.4 is 16.1 Å². The zero-order valence-corrected chi connectivity index (χ0v) is 26.8. The molecular weight excluding hydrogens is 560 g/mol. The van der Waals surface area contributed by atoms with E-state index in [0.29, 0.717) is 23.6 Å². The van der Waals surface area contributed by atoms with Crippen LogP contribution in [0.15, 0.2) is 52.5 Å². The second-order valence-electron chi connectivity index (χ2n) is 11.9. The highest BCUT2D eigenvalue weighted by Gasteiger charge is 2.27. The lowest BCUT2D eigenvalue weighted by Gasteiger charge is -2.18. The minimum absolute atomic E-state index is 0.155. The van der Waals surface area contributed by atoms with Crippen LogP contribution in [0.4, 0.5) is 17.1 Å². The van der Waals surface area contributed by atoms with Gasteiger partial charge in [-0.05, 0) is 48.7 Å². The zero-order valence-electron chi connectivity index (χ0n) is 26.0. The maximum Gasteiger partial charge on any atom is 0.294 e. The van der Waals surface area contributed by atoms with Crippen LogP contribution in [-0.4, -0.2) is 24.6 Å². The molecule has 2 aromatic carbocycles. The molecule has 8 nitrogen and oxygen atoms in total. The molecule has 4 N–H and O–H groups in total. The molecule has 0 aliphatic carbocycles. The second-order valence-corrected chi connectivity index (χ2v) is 13.3. The Morgan fingerprint density at radius 2 is 1.42 bits per heavy atom. The van der Waals surface area contributed by atoms with Crippen LogP contribution in [0.1, 0.15) is 128 Å². The summed E-state index contributed by atoms with van der Waals surface area (Å²) >= 11 is 0. The van der Waals surface area contributed by atoms with Gasteiger partial charge in [-0.3, -0.25) is 9.35 Å². The van der Waals surface area contributed by atoms with E-state index in [9.17, 15) is 17.8 Å². The highest BCUT2D eigenvalue weighted by Crippen LogP contribution is 2.33. The Bertz CT molecular complexity index is 1280. The molecule has 0 spiro atoms. The number of benzene rings is 2. The lowest BCUT2D eigenvalue weighted by molar-refractivity contribution is -0.116. The van der Waals surface area contributed by atoms with E-state index in [1.54, 1.807) is 6.07 Å². The SMILES string of the molecule is CCCCCCCCCCCCCCCCCCC1=NN(c2ccc(S(=O)(=O)O)cc2NCc2cccc(N)c2)C(=O)C1. The molecular formula is C34H52N4O4S. The van der Waals surface area contributed by atoms with Gasteiger partial charge in [-0.25, -0.2) is 0 Å². The third kappa shape index (κ3) is 12.7. The summed E-state index contributed by atoms with van der Waals surface area (Å²) in [5, 5.41) is 9.13. The molecule has 0 atom stereocenters. The Morgan fingerprint density at radius 1 is 0.837 bits per heavy atom. The van der Waals surface area contributed by atoms with Crippen molar-refractivity contribution in [2.45, 2.75) is 134 Å². The molecule has 1 amide bonds. The second kappa shape index (κ2) is 18.7. The highest BCUT2D eigenvalue weighted by molar-refractivity contribution is 7.85. The number of amides is 1. The number of nitrogens with two attached hydrogens (primary N) is 1. The van der Waals surface area contributed by atoms with Crippen molar-refractivity contribution in [3.63, 3.8) is 0 Å². The van der Waals surface area contributed by atoms with Gasteiger partial charge in [0.1, 0.15) is 0 Å². The lowest BCUT2D eigenvalue weighted by atomic mass is 10.0. The first-order chi connectivity index (χ1) is 20.8. The van der Waals surface area contributed by atoms with Crippen LogP contribution in [-0.2, 0) is 21.5 Å². The number of nitrogens with one attached hydrogen (secondary N) is 1. The normalized spacial score (nSPS) is 13.5. The average molecular weight is 613 g/mol. The fourth-order valence-corrected chi connectivity index (χ4v) is 6.09. The first kappa shape index (κ1) is 34.6. The molecule has 0 fully saturated rings. The van der Waals surface area contributed by atoms with E-state index < -0.39 is 10.1 Å². The van der Waals surface area contributed by atoms with Crippen molar-refractivity contribution in [1.82, 2.24) is 0 Å². The fourth-order valence-electron chi connectivity index (χ4n) is 5.59. The third-order valence-corrected chi connectivity index (χ3v) is 8.93. The van der Waals surface area contributed by atoms with E-state index in [4.69, 9.17) is 5.73 Å². The number of carbonyl (C=O) groups excluding carboxylic acids is 1. The fraction of sp³-hybridized carbons (Fsp3) is 0.588. The molecule has 238 valence electrons. The molecule has 1 heterocycles. The molecule has 0 aromatic heterocycles. The van der Waals surface area contributed by atoms with Crippen molar-refractivity contribution in [3.05, 3.63) is 48.0 Å². The summed E-state index contributed by atoms with van der Waals surface area (Å²) in [7, 11) is -4.41. The summed E-state index contributed by atoms with van der Waals surface area (Å²) in [6, 6.07) is 11.4. The predicted octanol–water partition coefficient (Wildman–Crippen LogP) is 8.87. The molecule has 0 unspecified atom stereocenters. The Balaban J connectivity index is 1.39. The zero-order chi connectivity index (χ0) is 30.9. The topological polar surface area (TPSA) is 125 Å². The van der Waals surface area contributed by atoms with E-state index in [2.05, 4.69) is 17.3 Å². The largest absolute Gasteiger partial charge is 0.399 e. The molecule has 9 heteroatoms. The van der Waals surface area contributed by atoms with Gasteiger partial charge >= 0.3 is 0 Å². The predicted molar refractivity (Wildman–Crippen MR) is 178 cm³/mol. The van der Waals surface area contributed by atoms with Gasteiger partial charge in [0, 0.05) is 17.9 Å². The molecule has 3 rings (SSSR count). The van der Waals surface area contributed by atoms with E-state index in [0.717, 1.165) is 30.5 Å². The first-order valence-corrected chi connectivity index (χ1v) is 17.8. The van der Waals surface area contributed by atoms with E-state index in [1.807, 2.05) is 18.2 Å². The number of hydrogen-bond donors (Lipinski definition) is 3. The van der Waals surface area contributed by atoms with Crippen LogP contribution in [0.5, 0.6) is 0 Å². The molecule has 0 saturated heterocycles. The van der Waals surface area contributed by atoms with Gasteiger partial charge in [0.25, 0.3) is 16.0 Å². The van der Waals surface area contributed by atoms with E-state index >= 15 is 0 Å². The Morgan fingerprint density at radius 3 is 1.98 bits per heavy atom. The maximum absolute atomic E-state index is 12.9. The number of anilines is 3. The summed E-state index contributed by atoms with van der Waals surface area (Å²) < 4.78 is 33.1. The lowest BCUT2D eigenvalue weighted by Crippen LogP contribution is -2.21. The summed E-state index contributed by atoms with van der Waals surface area (Å²) in [4.78, 5) is 12.7. The molecule has 43 heavy (non-hydrogen) atoms. The van der Waals surface area contributed by atoms with E-state index in [-0.39, 0.29) is 17.2 Å². The number of nitrogens with zero attached hydrogens (tertiary/aromatic N) is 2. The van der Waals surface area contributed by atoms with Crippen LogP contribution in [0.25, 0.3) is 0 Å². The molecule has 1 aliphatic heterocycles. The van der Waals surface area contributed by atoms with Gasteiger partial charge in [-0.2, -0.15) is 18.5 Å². The average Bonchev–Trinajstić information content (AvgIpc) is 3.35. The molecule has 0 radical (unpaired) electrons. The smallest absolute Gasteiger partial charge is 0.294 e. The van der Waals surface area contributed by atoms with Crippen LogP contribution in [0, 0.1) is 0 Å². The Labute approximate surface area is 259 Å². The minimum atomic E-state index is -4.41. The maximum atomic E-state index is 12.9. The number of carbonyl (C=O) groups is 1. The minimum Gasteiger partial charge on any atom is -0.399 e. The van der Waals surface area contributed by atoms with Gasteiger partial charge in [0.2, 0.25) is 0 Å². The van der Waals surface area contributed by atoms with E-state index in [1.165, 1.54) is 113 Å². The van der Waals surface area contributed by atoms with Gasteiger partial charge in [-0.15, -0.1) is 0 Å². The summed E-state index contributed by atoms with van der Waals surface area (Å²) in [5.41, 5.74) is 9.06. The number of nitrogen functional groups attached to an aromatic ring is 1. The van der Waals surface area contributed by atoms with Crippen molar-refractivity contribution in [2.75, 3.05) is 16.1 Å². The molecule has 2 aromatic rings. The van der Waals surface area contributed by atoms with Crippen molar-refractivity contribution in [2.24, 2.45) is 5.10 Å². The van der Waals surface area contributed by atoms with Crippen molar-refractivity contribution < 1.29 is 17.8 Å². The molecule has 0 bridgehead atoms. The van der Waals surface area contributed by atoms with Gasteiger partial charge < -0.3 is 11.1 Å². The van der Waals surface area contributed by atoms with Crippen molar-refractivity contribution in [3.8, 4) is 0 Å². The summed E-state index contributed by atoms with van der Waals surface area (Å²) in [6.07, 6.45) is 22.1. The van der Waals surface area contributed by atoms with Gasteiger partial charge in [0.05, 0.1) is 22.7 Å².